The van der Waals surface area contributed by atoms with Gasteiger partial charge in [-0.25, -0.2) is 15.0 Å². The van der Waals surface area contributed by atoms with Crippen LogP contribution in [0.1, 0.15) is 16.9 Å². The molecule has 8 nitrogen and oxygen atoms in total. The topological polar surface area (TPSA) is 88.3 Å². The summed E-state index contributed by atoms with van der Waals surface area (Å²) in [5.41, 5.74) is 3.08. The number of imidazole rings is 1. The lowest BCUT2D eigenvalue weighted by Crippen LogP contribution is -2.37. The number of anilines is 1. The molecule has 0 saturated carbocycles. The molecule has 1 atom stereocenters. The van der Waals surface area contributed by atoms with Gasteiger partial charge in [-0.3, -0.25) is 14.2 Å². The van der Waals surface area contributed by atoms with Crippen molar-refractivity contribution >= 4 is 17.5 Å². The Morgan fingerprint density at radius 3 is 2.93 bits per heavy atom. The van der Waals surface area contributed by atoms with Crippen LogP contribution in [0.3, 0.4) is 0 Å². The van der Waals surface area contributed by atoms with Gasteiger partial charge in [0.05, 0.1) is 11.9 Å². The van der Waals surface area contributed by atoms with Gasteiger partial charge >= 0.3 is 0 Å². The van der Waals surface area contributed by atoms with Crippen LogP contribution in [0.5, 0.6) is 0 Å². The first-order chi connectivity index (χ1) is 14.3. The van der Waals surface area contributed by atoms with Crippen LogP contribution in [0, 0.1) is 0 Å². The van der Waals surface area contributed by atoms with Gasteiger partial charge in [0.1, 0.15) is 11.3 Å². The molecule has 1 amide bonds. The largest absolute Gasteiger partial charge is 0.346 e. The normalized spacial score (nSPS) is 16.3. The van der Waals surface area contributed by atoms with Gasteiger partial charge in [-0.05, 0) is 36.8 Å². The Labute approximate surface area is 167 Å². The molecule has 29 heavy (non-hydrogen) atoms. The van der Waals surface area contributed by atoms with Gasteiger partial charge in [0, 0.05) is 49.5 Å². The fraction of sp³-hybridized carbons (Fsp3) is 0.190. The van der Waals surface area contributed by atoms with Crippen molar-refractivity contribution in [3.8, 4) is 11.3 Å². The molecule has 0 radical (unpaired) electrons. The Bertz CT molecular complexity index is 1160. The third-order valence-electron chi connectivity index (χ3n) is 5.06. The average molecular weight is 385 g/mol. The summed E-state index contributed by atoms with van der Waals surface area (Å²) in [4.78, 5) is 32.4. The van der Waals surface area contributed by atoms with Gasteiger partial charge in [-0.1, -0.05) is 6.07 Å². The Hall–Kier alpha value is -3.81. The zero-order valence-corrected chi connectivity index (χ0v) is 15.6. The van der Waals surface area contributed by atoms with E-state index in [-0.39, 0.29) is 11.9 Å². The van der Waals surface area contributed by atoms with Gasteiger partial charge in [-0.15, -0.1) is 0 Å². The van der Waals surface area contributed by atoms with Crippen molar-refractivity contribution in [1.29, 1.82) is 0 Å². The smallest absolute Gasteiger partial charge is 0.270 e. The van der Waals surface area contributed by atoms with Crippen LogP contribution in [-0.2, 0) is 0 Å². The molecular weight excluding hydrogens is 366 g/mol. The van der Waals surface area contributed by atoms with Crippen LogP contribution in [0.25, 0.3) is 16.9 Å². The number of nitrogens with zero attached hydrogens (tertiary/aromatic N) is 6. The first kappa shape index (κ1) is 17.3. The van der Waals surface area contributed by atoms with E-state index in [1.54, 1.807) is 29.2 Å². The molecule has 0 aromatic carbocycles. The number of amides is 1. The Kier molecular flexibility index (Phi) is 4.36. The van der Waals surface area contributed by atoms with E-state index in [0.717, 1.165) is 29.9 Å². The van der Waals surface area contributed by atoms with Crippen molar-refractivity contribution in [1.82, 2.24) is 29.7 Å². The second-order valence-electron chi connectivity index (χ2n) is 6.96. The molecule has 1 saturated heterocycles. The quantitative estimate of drug-likeness (QED) is 0.579. The predicted molar refractivity (Wildman–Crippen MR) is 109 cm³/mol. The molecule has 144 valence electrons. The van der Waals surface area contributed by atoms with Crippen LogP contribution in [0.2, 0.25) is 0 Å². The molecule has 1 fully saturated rings. The van der Waals surface area contributed by atoms with Gasteiger partial charge in [0.25, 0.3) is 5.91 Å². The number of fused-ring (bicyclic) bond motifs is 1. The van der Waals surface area contributed by atoms with Crippen LogP contribution in [0.4, 0.5) is 5.95 Å². The number of carbonyl (C=O) groups excluding carboxylic acids is 1. The third-order valence-corrected chi connectivity index (χ3v) is 5.06. The molecule has 0 aliphatic carbocycles. The van der Waals surface area contributed by atoms with Crippen LogP contribution < -0.4 is 10.2 Å². The maximum absolute atomic E-state index is 12.7. The zero-order chi connectivity index (χ0) is 19.6. The van der Waals surface area contributed by atoms with Crippen molar-refractivity contribution in [2.24, 2.45) is 0 Å². The highest BCUT2D eigenvalue weighted by Crippen LogP contribution is 2.21. The molecule has 1 aliphatic heterocycles. The Morgan fingerprint density at radius 2 is 2.03 bits per heavy atom. The molecule has 5 heterocycles. The van der Waals surface area contributed by atoms with E-state index in [2.05, 4.69) is 30.2 Å². The summed E-state index contributed by atoms with van der Waals surface area (Å²) in [6, 6.07) is 11.4. The fourth-order valence-corrected chi connectivity index (χ4v) is 3.60. The van der Waals surface area contributed by atoms with Gasteiger partial charge in [0.2, 0.25) is 5.95 Å². The zero-order valence-electron chi connectivity index (χ0n) is 15.6. The molecule has 4 aromatic heterocycles. The lowest BCUT2D eigenvalue weighted by Gasteiger charge is -2.17. The van der Waals surface area contributed by atoms with E-state index in [4.69, 9.17) is 0 Å². The number of hydrogen-bond donors (Lipinski definition) is 1. The number of aromatic nitrogens is 5. The standard InChI is InChI=1S/C21H19N7O/c29-20(18-13-24-19-5-1-2-10-28(18)19)25-16-7-11-27(14-16)21-23-9-6-17(26-21)15-4-3-8-22-12-15/h1-6,8-10,12-13,16H,7,11,14H2,(H,25,29). The average Bonchev–Trinajstić information content (AvgIpc) is 3.42. The van der Waals surface area contributed by atoms with E-state index >= 15 is 0 Å². The highest BCUT2D eigenvalue weighted by molar-refractivity contribution is 5.93. The highest BCUT2D eigenvalue weighted by Gasteiger charge is 2.27. The fourth-order valence-electron chi connectivity index (χ4n) is 3.60. The van der Waals surface area contributed by atoms with Gasteiger partial charge in [0.15, 0.2) is 0 Å². The minimum Gasteiger partial charge on any atom is -0.346 e. The van der Waals surface area contributed by atoms with Crippen molar-refractivity contribution in [3.63, 3.8) is 0 Å². The monoisotopic (exact) mass is 385 g/mol. The summed E-state index contributed by atoms with van der Waals surface area (Å²) in [5.74, 6) is 0.540. The van der Waals surface area contributed by atoms with Crippen LogP contribution in [-0.4, -0.2) is 49.4 Å². The molecule has 0 bridgehead atoms. The van der Waals surface area contributed by atoms with Gasteiger partial charge in [-0.2, -0.15) is 0 Å². The molecule has 1 unspecified atom stereocenters. The molecule has 4 aromatic rings. The summed E-state index contributed by atoms with van der Waals surface area (Å²) in [6.07, 6.45) is 9.57. The molecule has 1 N–H and O–H groups in total. The summed E-state index contributed by atoms with van der Waals surface area (Å²) in [6.45, 7) is 1.45. The molecular formula is C21H19N7O. The van der Waals surface area contributed by atoms with Crippen molar-refractivity contribution < 1.29 is 4.79 Å². The summed E-state index contributed by atoms with van der Waals surface area (Å²) in [7, 11) is 0. The summed E-state index contributed by atoms with van der Waals surface area (Å²) >= 11 is 0. The first-order valence-corrected chi connectivity index (χ1v) is 9.49. The summed E-state index contributed by atoms with van der Waals surface area (Å²) in [5, 5.41) is 3.11. The number of pyridine rings is 2. The maximum Gasteiger partial charge on any atom is 0.270 e. The van der Waals surface area contributed by atoms with E-state index < -0.39 is 0 Å². The van der Waals surface area contributed by atoms with E-state index in [0.29, 0.717) is 18.2 Å². The van der Waals surface area contributed by atoms with E-state index in [9.17, 15) is 4.79 Å². The first-order valence-electron chi connectivity index (χ1n) is 9.49. The van der Waals surface area contributed by atoms with E-state index in [1.165, 1.54) is 0 Å². The van der Waals surface area contributed by atoms with Gasteiger partial charge < -0.3 is 10.2 Å². The SMILES string of the molecule is O=C(NC1CCN(c2nccc(-c3cccnc3)n2)C1)c1cnc2ccccn12. The van der Waals surface area contributed by atoms with E-state index in [1.807, 2.05) is 42.6 Å². The molecule has 5 rings (SSSR count). The number of carbonyl (C=O) groups is 1. The highest BCUT2D eigenvalue weighted by atomic mass is 16.2. The maximum atomic E-state index is 12.7. The second-order valence-corrected chi connectivity index (χ2v) is 6.96. The van der Waals surface area contributed by atoms with Crippen molar-refractivity contribution in [2.75, 3.05) is 18.0 Å². The number of nitrogens with one attached hydrogen (secondary N) is 1. The Morgan fingerprint density at radius 1 is 1.07 bits per heavy atom. The third kappa shape index (κ3) is 3.40. The van der Waals surface area contributed by atoms with Crippen molar-refractivity contribution in [3.05, 3.63) is 73.1 Å². The minimum absolute atomic E-state index is 0.0300. The van der Waals surface area contributed by atoms with Crippen LogP contribution in [0.15, 0.2) is 67.4 Å². The number of rotatable bonds is 4. The molecule has 1 aliphatic rings. The lowest BCUT2D eigenvalue weighted by atomic mass is 10.2. The molecule has 8 heteroatoms. The summed E-state index contributed by atoms with van der Waals surface area (Å²) < 4.78 is 1.79. The number of hydrogen-bond acceptors (Lipinski definition) is 6. The second kappa shape index (κ2) is 7.31. The van der Waals surface area contributed by atoms with Crippen LogP contribution >= 0.6 is 0 Å². The lowest BCUT2D eigenvalue weighted by molar-refractivity contribution is 0.0934. The Balaban J connectivity index is 1.29. The predicted octanol–water partition coefficient (Wildman–Crippen LogP) is 2.19. The van der Waals surface area contributed by atoms with Crippen molar-refractivity contribution in [2.45, 2.75) is 12.5 Å². The minimum atomic E-state index is -0.124. The molecule has 0 spiro atoms.